The van der Waals surface area contributed by atoms with E-state index in [4.69, 9.17) is 4.74 Å². The lowest BCUT2D eigenvalue weighted by Gasteiger charge is -2.37. The lowest BCUT2D eigenvalue weighted by molar-refractivity contribution is -0.134. The number of amides is 2. The largest absolute Gasteiger partial charge is 0.495 e. The Labute approximate surface area is 164 Å². The minimum absolute atomic E-state index is 0.272. The fourth-order valence-corrected chi connectivity index (χ4v) is 3.30. The first-order chi connectivity index (χ1) is 13.6. The predicted molar refractivity (Wildman–Crippen MR) is 107 cm³/mol. The minimum Gasteiger partial charge on any atom is -0.495 e. The minimum atomic E-state index is -0.953. The summed E-state index contributed by atoms with van der Waals surface area (Å²) in [5.74, 6) is 0.151. The average Bonchev–Trinajstić information content (AvgIpc) is 2.77. The molecule has 0 radical (unpaired) electrons. The second-order valence-electron chi connectivity index (χ2n) is 6.56. The third-order valence-corrected chi connectivity index (χ3v) is 4.84. The maximum atomic E-state index is 12.8. The highest BCUT2D eigenvalue weighted by atomic mass is 16.5. The lowest BCUT2D eigenvalue weighted by atomic mass is 10.1. The number of nitrogens with one attached hydrogen (secondary N) is 1. The summed E-state index contributed by atoms with van der Waals surface area (Å²) in [6.07, 6.45) is 0. The van der Waals surface area contributed by atoms with Crippen LogP contribution >= 0.6 is 0 Å². The highest BCUT2D eigenvalue weighted by Crippen LogP contribution is 2.28. The number of rotatable bonds is 6. The van der Waals surface area contributed by atoms with Crippen LogP contribution < -0.4 is 15.0 Å². The number of anilines is 1. The van der Waals surface area contributed by atoms with Gasteiger partial charge in [0.05, 0.1) is 19.4 Å². The van der Waals surface area contributed by atoms with Crippen LogP contribution in [0.1, 0.15) is 10.4 Å². The van der Waals surface area contributed by atoms with Crippen LogP contribution in [0.2, 0.25) is 0 Å². The zero-order chi connectivity index (χ0) is 19.9. The second kappa shape index (κ2) is 9.23. The van der Waals surface area contributed by atoms with Gasteiger partial charge in [0.2, 0.25) is 5.91 Å². The van der Waals surface area contributed by atoms with Crippen molar-refractivity contribution < 1.29 is 19.4 Å². The number of para-hydroxylation sites is 2. The molecule has 1 unspecified atom stereocenters. The fourth-order valence-electron chi connectivity index (χ4n) is 3.30. The number of ether oxygens (including phenoxy) is 1. The number of piperazine rings is 1. The Morgan fingerprint density at radius 2 is 1.68 bits per heavy atom. The zero-order valence-electron chi connectivity index (χ0n) is 15.9. The van der Waals surface area contributed by atoms with E-state index in [1.807, 2.05) is 30.3 Å². The van der Waals surface area contributed by atoms with Crippen LogP contribution in [-0.4, -0.2) is 67.8 Å². The maximum absolute atomic E-state index is 12.8. The quantitative estimate of drug-likeness (QED) is 0.782. The van der Waals surface area contributed by atoms with E-state index in [-0.39, 0.29) is 11.8 Å². The number of carbonyl (C=O) groups is 2. The van der Waals surface area contributed by atoms with Gasteiger partial charge in [-0.05, 0) is 24.3 Å². The average molecular weight is 383 g/mol. The molecule has 1 fully saturated rings. The standard InChI is InChI=1S/C21H25N3O4/c1-28-19-10-6-5-9-18(19)23-11-13-24(14-12-23)21(27)17(15-25)22-20(26)16-7-3-2-4-8-16/h2-10,17,25H,11-15H2,1H3,(H,22,26). The summed E-state index contributed by atoms with van der Waals surface area (Å²) in [5.41, 5.74) is 1.45. The number of benzene rings is 2. The SMILES string of the molecule is COc1ccccc1N1CCN(C(=O)C(CO)NC(=O)c2ccccc2)CC1. The van der Waals surface area contributed by atoms with Crippen LogP contribution in [0.15, 0.2) is 54.6 Å². The second-order valence-corrected chi connectivity index (χ2v) is 6.56. The third-order valence-electron chi connectivity index (χ3n) is 4.84. The van der Waals surface area contributed by atoms with Crippen molar-refractivity contribution in [3.05, 3.63) is 60.2 Å². The topological polar surface area (TPSA) is 82.1 Å². The van der Waals surface area contributed by atoms with Gasteiger partial charge in [0.25, 0.3) is 5.91 Å². The molecule has 28 heavy (non-hydrogen) atoms. The molecule has 2 amide bonds. The van der Waals surface area contributed by atoms with E-state index in [1.165, 1.54) is 0 Å². The van der Waals surface area contributed by atoms with Crippen LogP contribution in [0.4, 0.5) is 5.69 Å². The monoisotopic (exact) mass is 383 g/mol. The number of methoxy groups -OCH3 is 1. The summed E-state index contributed by atoms with van der Waals surface area (Å²) in [5, 5.41) is 12.3. The van der Waals surface area contributed by atoms with Crippen molar-refractivity contribution in [1.82, 2.24) is 10.2 Å². The molecule has 0 saturated carbocycles. The van der Waals surface area contributed by atoms with E-state index < -0.39 is 12.6 Å². The van der Waals surface area contributed by atoms with Gasteiger partial charge in [0.1, 0.15) is 11.8 Å². The summed E-state index contributed by atoms with van der Waals surface area (Å²) in [6, 6.07) is 15.5. The molecule has 0 bridgehead atoms. The summed E-state index contributed by atoms with van der Waals surface area (Å²) in [7, 11) is 1.64. The van der Waals surface area contributed by atoms with Gasteiger partial charge in [-0.25, -0.2) is 0 Å². The van der Waals surface area contributed by atoms with Crippen molar-refractivity contribution in [1.29, 1.82) is 0 Å². The maximum Gasteiger partial charge on any atom is 0.251 e. The first kappa shape index (κ1) is 19.7. The van der Waals surface area contributed by atoms with Crippen molar-refractivity contribution in [3.63, 3.8) is 0 Å². The third kappa shape index (κ3) is 4.43. The molecule has 1 atom stereocenters. The van der Waals surface area contributed by atoms with Crippen molar-refractivity contribution >= 4 is 17.5 Å². The van der Waals surface area contributed by atoms with Crippen LogP contribution in [0.25, 0.3) is 0 Å². The van der Waals surface area contributed by atoms with Gasteiger partial charge in [-0.15, -0.1) is 0 Å². The molecular formula is C21H25N3O4. The number of aliphatic hydroxyl groups excluding tert-OH is 1. The fraction of sp³-hybridized carbons (Fsp3) is 0.333. The zero-order valence-corrected chi connectivity index (χ0v) is 15.9. The Kier molecular flexibility index (Phi) is 6.49. The van der Waals surface area contributed by atoms with Crippen LogP contribution in [-0.2, 0) is 4.79 Å². The molecule has 2 aromatic carbocycles. The number of hydrogen-bond acceptors (Lipinski definition) is 5. The predicted octanol–water partition coefficient (Wildman–Crippen LogP) is 1.13. The molecule has 2 N–H and O–H groups in total. The van der Waals surface area contributed by atoms with E-state index in [9.17, 15) is 14.7 Å². The number of nitrogens with zero attached hydrogens (tertiary/aromatic N) is 2. The van der Waals surface area contributed by atoms with E-state index in [1.54, 1.807) is 36.3 Å². The van der Waals surface area contributed by atoms with Crippen LogP contribution in [0.5, 0.6) is 5.75 Å². The van der Waals surface area contributed by atoms with Gasteiger partial charge in [0, 0.05) is 31.7 Å². The molecular weight excluding hydrogens is 358 g/mol. The molecule has 0 aromatic heterocycles. The molecule has 3 rings (SSSR count). The summed E-state index contributed by atoms with van der Waals surface area (Å²) in [4.78, 5) is 28.9. The summed E-state index contributed by atoms with van der Waals surface area (Å²) in [6.45, 7) is 1.88. The van der Waals surface area contributed by atoms with Crippen molar-refractivity contribution in [2.75, 3.05) is 44.8 Å². The summed E-state index contributed by atoms with van der Waals surface area (Å²) < 4.78 is 5.41. The Morgan fingerprint density at radius 3 is 2.32 bits per heavy atom. The Balaban J connectivity index is 1.59. The molecule has 2 aromatic rings. The van der Waals surface area contributed by atoms with Gasteiger partial charge >= 0.3 is 0 Å². The van der Waals surface area contributed by atoms with E-state index >= 15 is 0 Å². The Bertz CT molecular complexity index is 804. The number of aliphatic hydroxyl groups is 1. The van der Waals surface area contributed by atoms with Crippen molar-refractivity contribution in [2.24, 2.45) is 0 Å². The molecule has 148 valence electrons. The van der Waals surface area contributed by atoms with Crippen LogP contribution in [0.3, 0.4) is 0 Å². The molecule has 1 heterocycles. The van der Waals surface area contributed by atoms with Crippen molar-refractivity contribution in [2.45, 2.75) is 6.04 Å². The lowest BCUT2D eigenvalue weighted by Crippen LogP contribution is -2.56. The van der Waals surface area contributed by atoms with Gasteiger partial charge in [-0.2, -0.15) is 0 Å². The number of hydrogen-bond donors (Lipinski definition) is 2. The smallest absolute Gasteiger partial charge is 0.251 e. The van der Waals surface area contributed by atoms with Gasteiger partial charge in [-0.1, -0.05) is 30.3 Å². The molecule has 0 aliphatic carbocycles. The van der Waals surface area contributed by atoms with Crippen molar-refractivity contribution in [3.8, 4) is 5.75 Å². The highest BCUT2D eigenvalue weighted by Gasteiger charge is 2.29. The molecule has 7 nitrogen and oxygen atoms in total. The molecule has 0 spiro atoms. The summed E-state index contributed by atoms with van der Waals surface area (Å²) >= 11 is 0. The molecule has 1 aliphatic rings. The van der Waals surface area contributed by atoms with Gasteiger partial charge < -0.3 is 25.0 Å². The van der Waals surface area contributed by atoms with Crippen LogP contribution in [0, 0.1) is 0 Å². The van der Waals surface area contributed by atoms with E-state index in [0.717, 1.165) is 11.4 Å². The van der Waals surface area contributed by atoms with E-state index in [0.29, 0.717) is 31.7 Å². The number of carbonyl (C=O) groups excluding carboxylic acids is 2. The van der Waals surface area contributed by atoms with Gasteiger partial charge in [0.15, 0.2) is 0 Å². The Morgan fingerprint density at radius 1 is 1.04 bits per heavy atom. The van der Waals surface area contributed by atoms with Gasteiger partial charge in [-0.3, -0.25) is 9.59 Å². The van der Waals surface area contributed by atoms with E-state index in [2.05, 4.69) is 10.2 Å². The molecule has 1 saturated heterocycles. The highest BCUT2D eigenvalue weighted by molar-refractivity contribution is 5.97. The molecule has 7 heteroatoms. The molecule has 1 aliphatic heterocycles. The Hall–Kier alpha value is -3.06. The normalized spacial score (nSPS) is 15.1. The first-order valence-electron chi connectivity index (χ1n) is 9.27. The first-order valence-corrected chi connectivity index (χ1v) is 9.27.